The van der Waals surface area contributed by atoms with E-state index in [-0.39, 0.29) is 17.8 Å². The molecule has 1 aromatic rings. The van der Waals surface area contributed by atoms with E-state index in [0.717, 1.165) is 38.6 Å². The summed E-state index contributed by atoms with van der Waals surface area (Å²) in [6.07, 6.45) is 5.51. The summed E-state index contributed by atoms with van der Waals surface area (Å²) in [6.45, 7) is 5.59. The van der Waals surface area contributed by atoms with Gasteiger partial charge in [0.1, 0.15) is 6.33 Å². The monoisotopic (exact) mass is 319 g/mol. The molecule has 3 heterocycles. The predicted molar refractivity (Wildman–Crippen MR) is 83.9 cm³/mol. The van der Waals surface area contributed by atoms with E-state index < -0.39 is 0 Å². The van der Waals surface area contributed by atoms with E-state index in [1.54, 1.807) is 18.1 Å². The van der Waals surface area contributed by atoms with Crippen molar-refractivity contribution >= 4 is 5.91 Å². The predicted octanol–water partition coefficient (Wildman–Crippen LogP) is 0.388. The van der Waals surface area contributed by atoms with E-state index in [0.29, 0.717) is 12.5 Å². The fourth-order valence-corrected chi connectivity index (χ4v) is 3.71. The molecule has 0 radical (unpaired) electrons. The minimum atomic E-state index is -0.0771. The number of fused-ring (bicyclic) bond motifs is 1. The number of piperidine rings is 1. The summed E-state index contributed by atoms with van der Waals surface area (Å²) in [6, 6.07) is 0. The van der Waals surface area contributed by atoms with E-state index in [2.05, 4.69) is 15.0 Å². The maximum absolute atomic E-state index is 12.5. The van der Waals surface area contributed by atoms with Crippen molar-refractivity contribution in [1.82, 2.24) is 24.6 Å². The van der Waals surface area contributed by atoms with E-state index in [1.165, 1.54) is 19.4 Å². The van der Waals surface area contributed by atoms with Crippen LogP contribution in [0.3, 0.4) is 0 Å². The lowest BCUT2D eigenvalue weighted by molar-refractivity contribution is -0.0174. The maximum Gasteiger partial charge on any atom is 0.293 e. The van der Waals surface area contributed by atoms with Crippen molar-refractivity contribution in [3.05, 3.63) is 12.2 Å². The summed E-state index contributed by atoms with van der Waals surface area (Å²) in [5, 5.41) is 4.13. The van der Waals surface area contributed by atoms with Crippen LogP contribution in [0.2, 0.25) is 0 Å². The number of aromatic nitrogens is 3. The Morgan fingerprint density at radius 1 is 1.30 bits per heavy atom. The molecule has 0 unspecified atom stereocenters. The lowest BCUT2D eigenvalue weighted by Crippen LogP contribution is -2.49. The minimum absolute atomic E-state index is 0.0771. The normalized spacial score (nSPS) is 29.2. The number of aryl methyl sites for hydroxylation is 1. The Hall–Kier alpha value is -1.47. The molecule has 4 rings (SSSR count). The van der Waals surface area contributed by atoms with Crippen LogP contribution in [0.15, 0.2) is 6.33 Å². The molecule has 1 amide bonds. The number of ether oxygens (including phenoxy) is 1. The fourth-order valence-electron chi connectivity index (χ4n) is 3.71. The molecule has 1 saturated carbocycles. The molecule has 126 valence electrons. The van der Waals surface area contributed by atoms with Gasteiger partial charge in [-0.3, -0.25) is 9.48 Å². The van der Waals surface area contributed by atoms with Crippen LogP contribution in [0.4, 0.5) is 0 Å². The summed E-state index contributed by atoms with van der Waals surface area (Å²) in [5.74, 6) is 1.67. The molecule has 0 N–H and O–H groups in total. The highest BCUT2D eigenvalue weighted by atomic mass is 16.5. The molecule has 1 aliphatic carbocycles. The number of carbonyl (C=O) groups excluding carboxylic acids is 1. The van der Waals surface area contributed by atoms with E-state index in [9.17, 15) is 4.79 Å². The highest BCUT2D eigenvalue weighted by Crippen LogP contribution is 2.31. The Morgan fingerprint density at radius 3 is 2.91 bits per heavy atom. The molecular weight excluding hydrogens is 294 g/mol. The Bertz CT molecular complexity index is 571. The van der Waals surface area contributed by atoms with Crippen LogP contribution in [0.25, 0.3) is 0 Å². The van der Waals surface area contributed by atoms with Crippen LogP contribution in [-0.4, -0.2) is 75.9 Å². The van der Waals surface area contributed by atoms with Gasteiger partial charge in [0, 0.05) is 45.7 Å². The van der Waals surface area contributed by atoms with Crippen LogP contribution >= 0.6 is 0 Å². The molecule has 2 saturated heterocycles. The molecule has 0 spiro atoms. The summed E-state index contributed by atoms with van der Waals surface area (Å²) in [4.78, 5) is 21.0. The molecule has 3 fully saturated rings. The van der Waals surface area contributed by atoms with Gasteiger partial charge >= 0.3 is 0 Å². The van der Waals surface area contributed by atoms with Crippen molar-refractivity contribution in [2.24, 2.45) is 18.9 Å². The van der Waals surface area contributed by atoms with Gasteiger partial charge in [-0.2, -0.15) is 0 Å². The minimum Gasteiger partial charge on any atom is -0.375 e. The molecule has 1 aromatic heterocycles. The van der Waals surface area contributed by atoms with Crippen molar-refractivity contribution in [2.75, 3.05) is 39.3 Å². The Balaban J connectivity index is 1.38. The topological polar surface area (TPSA) is 63.5 Å². The maximum atomic E-state index is 12.5. The molecular formula is C16H25N5O2. The SMILES string of the molecule is Cn1cnc(C(=O)N2CC[C@@H]3CN(CC4CC4)CCO[C@@H]3C2)n1. The first kappa shape index (κ1) is 15.1. The van der Waals surface area contributed by atoms with Gasteiger partial charge in [0.2, 0.25) is 5.82 Å². The number of hydrogen-bond acceptors (Lipinski definition) is 5. The van der Waals surface area contributed by atoms with Crippen LogP contribution in [0, 0.1) is 11.8 Å². The fraction of sp³-hybridized carbons (Fsp3) is 0.812. The quantitative estimate of drug-likeness (QED) is 0.806. The van der Waals surface area contributed by atoms with Gasteiger partial charge < -0.3 is 14.5 Å². The van der Waals surface area contributed by atoms with Gasteiger partial charge in [-0.15, -0.1) is 5.10 Å². The third-order valence-corrected chi connectivity index (χ3v) is 5.22. The van der Waals surface area contributed by atoms with Gasteiger partial charge in [0.15, 0.2) is 0 Å². The third-order valence-electron chi connectivity index (χ3n) is 5.22. The average molecular weight is 319 g/mol. The summed E-state index contributed by atoms with van der Waals surface area (Å²) < 4.78 is 7.65. The molecule has 7 heteroatoms. The van der Waals surface area contributed by atoms with Crippen LogP contribution in [-0.2, 0) is 11.8 Å². The standard InChI is InChI=1S/C16H25N5O2/c1-19-11-17-15(18-19)16(22)21-5-4-13-9-20(8-12-2-3-12)6-7-23-14(13)10-21/h11-14H,2-10H2,1H3/t13-,14-/m1/s1. The number of rotatable bonds is 3. The molecule has 2 atom stereocenters. The second kappa shape index (κ2) is 6.20. The van der Waals surface area contributed by atoms with E-state index in [4.69, 9.17) is 4.74 Å². The van der Waals surface area contributed by atoms with Gasteiger partial charge in [-0.1, -0.05) is 0 Å². The summed E-state index contributed by atoms with van der Waals surface area (Å²) >= 11 is 0. The van der Waals surface area contributed by atoms with E-state index >= 15 is 0 Å². The summed E-state index contributed by atoms with van der Waals surface area (Å²) in [5.41, 5.74) is 0. The number of carbonyl (C=O) groups is 1. The lowest BCUT2D eigenvalue weighted by atomic mass is 9.93. The first-order valence-electron chi connectivity index (χ1n) is 8.68. The zero-order valence-electron chi connectivity index (χ0n) is 13.7. The molecule has 0 aromatic carbocycles. The summed E-state index contributed by atoms with van der Waals surface area (Å²) in [7, 11) is 1.78. The highest BCUT2D eigenvalue weighted by Gasteiger charge is 2.37. The number of nitrogens with zero attached hydrogens (tertiary/aromatic N) is 5. The van der Waals surface area contributed by atoms with Crippen molar-refractivity contribution in [2.45, 2.75) is 25.4 Å². The van der Waals surface area contributed by atoms with Crippen LogP contribution in [0.1, 0.15) is 29.9 Å². The van der Waals surface area contributed by atoms with Crippen molar-refractivity contribution in [3.63, 3.8) is 0 Å². The molecule has 3 aliphatic rings. The van der Waals surface area contributed by atoms with Crippen molar-refractivity contribution in [1.29, 1.82) is 0 Å². The van der Waals surface area contributed by atoms with Gasteiger partial charge in [-0.05, 0) is 25.2 Å². The third kappa shape index (κ3) is 3.40. The Morgan fingerprint density at radius 2 is 2.17 bits per heavy atom. The number of hydrogen-bond donors (Lipinski definition) is 0. The number of amides is 1. The first-order chi connectivity index (χ1) is 11.2. The Labute approximate surface area is 136 Å². The Kier molecular flexibility index (Phi) is 4.07. The van der Waals surface area contributed by atoms with Gasteiger partial charge in [-0.25, -0.2) is 4.98 Å². The first-order valence-corrected chi connectivity index (χ1v) is 8.68. The largest absolute Gasteiger partial charge is 0.375 e. The smallest absolute Gasteiger partial charge is 0.293 e. The molecule has 0 bridgehead atoms. The zero-order valence-corrected chi connectivity index (χ0v) is 13.7. The van der Waals surface area contributed by atoms with E-state index in [1.807, 2.05) is 4.90 Å². The van der Waals surface area contributed by atoms with Crippen LogP contribution < -0.4 is 0 Å². The van der Waals surface area contributed by atoms with Gasteiger partial charge in [0.25, 0.3) is 5.91 Å². The highest BCUT2D eigenvalue weighted by molar-refractivity contribution is 5.90. The van der Waals surface area contributed by atoms with Crippen molar-refractivity contribution in [3.8, 4) is 0 Å². The molecule has 2 aliphatic heterocycles. The second-order valence-electron chi connectivity index (χ2n) is 7.15. The second-order valence-corrected chi connectivity index (χ2v) is 7.15. The molecule has 23 heavy (non-hydrogen) atoms. The molecule has 7 nitrogen and oxygen atoms in total. The van der Waals surface area contributed by atoms with Crippen molar-refractivity contribution < 1.29 is 9.53 Å². The number of likely N-dealkylation sites (tertiary alicyclic amines) is 1. The lowest BCUT2D eigenvalue weighted by Gasteiger charge is -2.37. The van der Waals surface area contributed by atoms with Crippen LogP contribution in [0.5, 0.6) is 0 Å². The zero-order chi connectivity index (χ0) is 15.8. The van der Waals surface area contributed by atoms with Gasteiger partial charge in [0.05, 0.1) is 12.7 Å². The average Bonchev–Trinajstić information content (AvgIpc) is 3.29.